The Balaban J connectivity index is 2.12. The van der Waals surface area contributed by atoms with Crippen molar-refractivity contribution in [2.45, 2.75) is 26.3 Å². The van der Waals surface area contributed by atoms with Crippen molar-refractivity contribution >= 4 is 11.9 Å². The second-order valence-corrected chi connectivity index (χ2v) is 6.39. The first-order valence-corrected chi connectivity index (χ1v) is 8.31. The maximum Gasteiger partial charge on any atom is 0.333 e. The number of carbonyl (C=O) groups excluding carboxylic acids is 2. The Labute approximate surface area is 151 Å². The van der Waals surface area contributed by atoms with E-state index >= 15 is 0 Å². The van der Waals surface area contributed by atoms with Gasteiger partial charge < -0.3 is 10.1 Å². The van der Waals surface area contributed by atoms with Crippen molar-refractivity contribution in [2.75, 3.05) is 6.61 Å². The molecule has 0 saturated carbocycles. The van der Waals surface area contributed by atoms with E-state index in [1.165, 1.54) is 0 Å². The lowest BCUT2D eigenvalue weighted by Gasteiger charge is -2.19. The van der Waals surface area contributed by atoms with Gasteiger partial charge in [0.25, 0.3) is 0 Å². The number of amides is 1. The normalized spacial score (nSPS) is 11.9. The molecule has 26 heavy (non-hydrogen) atoms. The Hall–Kier alpha value is -2.76. The Kier molecular flexibility index (Phi) is 6.83. The van der Waals surface area contributed by atoms with Crippen LogP contribution in [0.4, 0.5) is 8.78 Å². The zero-order valence-corrected chi connectivity index (χ0v) is 14.7. The summed E-state index contributed by atoms with van der Waals surface area (Å²) in [5, 5.41) is 2.59. The summed E-state index contributed by atoms with van der Waals surface area (Å²) in [4.78, 5) is 24.7. The van der Waals surface area contributed by atoms with E-state index in [1.807, 2.05) is 13.8 Å². The molecule has 0 aliphatic rings. The van der Waals surface area contributed by atoms with Crippen LogP contribution < -0.4 is 5.32 Å². The highest BCUT2D eigenvalue weighted by Gasteiger charge is 2.24. The number of ether oxygens (including phenoxy) is 1. The van der Waals surface area contributed by atoms with Crippen molar-refractivity contribution in [1.82, 2.24) is 5.32 Å². The fraction of sp³-hybridized carbons (Fsp3) is 0.300. The molecule has 1 unspecified atom stereocenters. The van der Waals surface area contributed by atoms with E-state index in [-0.39, 0.29) is 24.5 Å². The van der Waals surface area contributed by atoms with Crippen LogP contribution in [0, 0.1) is 17.6 Å². The van der Waals surface area contributed by atoms with Gasteiger partial charge in [-0.2, -0.15) is 0 Å². The van der Waals surface area contributed by atoms with Gasteiger partial charge in [-0.3, -0.25) is 4.79 Å². The summed E-state index contributed by atoms with van der Waals surface area (Å²) in [7, 11) is 0. The molecule has 2 rings (SSSR count). The molecule has 2 aromatic carbocycles. The number of esters is 1. The fourth-order valence-electron chi connectivity index (χ4n) is 2.37. The number of nitrogens with one attached hydrogen (secondary N) is 1. The highest BCUT2D eigenvalue weighted by Crippen LogP contribution is 2.16. The van der Waals surface area contributed by atoms with Crippen LogP contribution in [0.5, 0.6) is 0 Å². The molecule has 0 aliphatic carbocycles. The van der Waals surface area contributed by atoms with Gasteiger partial charge in [-0.05, 0) is 29.2 Å². The Morgan fingerprint density at radius 1 is 1.04 bits per heavy atom. The molecular weight excluding hydrogens is 340 g/mol. The van der Waals surface area contributed by atoms with Crippen molar-refractivity contribution in [3.8, 4) is 0 Å². The summed E-state index contributed by atoms with van der Waals surface area (Å²) in [6, 6.07) is 10.6. The molecule has 6 heteroatoms. The Bertz CT molecular complexity index is 743. The minimum Gasteiger partial charge on any atom is -0.464 e. The second kappa shape index (κ2) is 9.08. The first-order valence-electron chi connectivity index (χ1n) is 8.31. The molecule has 0 heterocycles. The van der Waals surface area contributed by atoms with Gasteiger partial charge in [-0.1, -0.05) is 44.2 Å². The highest BCUT2D eigenvalue weighted by atomic mass is 19.1. The van der Waals surface area contributed by atoms with Crippen LogP contribution in [-0.2, 0) is 20.7 Å². The first kappa shape index (κ1) is 19.6. The Morgan fingerprint density at radius 3 is 2.23 bits per heavy atom. The first-order chi connectivity index (χ1) is 12.3. The van der Waals surface area contributed by atoms with Crippen LogP contribution in [0.25, 0.3) is 0 Å². The molecule has 4 nitrogen and oxygen atoms in total. The molecule has 1 atom stereocenters. The van der Waals surface area contributed by atoms with E-state index in [0.29, 0.717) is 5.56 Å². The lowest BCUT2D eigenvalue weighted by Crippen LogP contribution is -2.36. The molecule has 2 aromatic rings. The standard InChI is InChI=1S/C20H21F2NO3/c1-13(2)12-26-20(25)19(15-6-4-3-5-7-15)23-18(24)10-14-8-16(21)11-17(22)9-14/h3-9,11,13,19H,10,12H2,1-2H3,(H,23,24). The van der Waals surface area contributed by atoms with E-state index < -0.39 is 29.6 Å². The lowest BCUT2D eigenvalue weighted by molar-refractivity contribution is -0.149. The van der Waals surface area contributed by atoms with E-state index in [9.17, 15) is 18.4 Å². The molecular formula is C20H21F2NO3. The van der Waals surface area contributed by atoms with Crippen molar-refractivity contribution in [3.63, 3.8) is 0 Å². The van der Waals surface area contributed by atoms with Crippen LogP contribution in [0.1, 0.15) is 31.0 Å². The van der Waals surface area contributed by atoms with Crippen molar-refractivity contribution in [1.29, 1.82) is 0 Å². The van der Waals surface area contributed by atoms with Gasteiger partial charge in [0.1, 0.15) is 11.6 Å². The van der Waals surface area contributed by atoms with E-state index in [0.717, 1.165) is 18.2 Å². The minimum absolute atomic E-state index is 0.154. The summed E-state index contributed by atoms with van der Waals surface area (Å²) >= 11 is 0. The van der Waals surface area contributed by atoms with E-state index in [2.05, 4.69) is 5.32 Å². The SMILES string of the molecule is CC(C)COC(=O)C(NC(=O)Cc1cc(F)cc(F)c1)c1ccccc1. The molecule has 0 saturated heterocycles. The maximum absolute atomic E-state index is 13.3. The summed E-state index contributed by atoms with van der Waals surface area (Å²) in [6.45, 7) is 4.04. The van der Waals surface area contributed by atoms with Gasteiger partial charge in [0.15, 0.2) is 6.04 Å². The highest BCUT2D eigenvalue weighted by molar-refractivity contribution is 5.86. The zero-order valence-electron chi connectivity index (χ0n) is 14.7. The average molecular weight is 361 g/mol. The third-order valence-electron chi connectivity index (χ3n) is 3.52. The lowest BCUT2D eigenvalue weighted by atomic mass is 10.1. The molecule has 0 aliphatic heterocycles. The van der Waals surface area contributed by atoms with Gasteiger partial charge in [0.05, 0.1) is 13.0 Å². The smallest absolute Gasteiger partial charge is 0.333 e. The molecule has 0 fully saturated rings. The van der Waals surface area contributed by atoms with Crippen molar-refractivity contribution in [3.05, 3.63) is 71.3 Å². The molecule has 138 valence electrons. The molecule has 0 aromatic heterocycles. The quantitative estimate of drug-likeness (QED) is 0.767. The van der Waals surface area contributed by atoms with Crippen LogP contribution in [0.3, 0.4) is 0 Å². The topological polar surface area (TPSA) is 55.4 Å². The Morgan fingerprint density at radius 2 is 1.65 bits per heavy atom. The number of rotatable bonds is 7. The van der Waals surface area contributed by atoms with Crippen LogP contribution in [0.2, 0.25) is 0 Å². The number of benzene rings is 2. The molecule has 1 N–H and O–H groups in total. The third-order valence-corrected chi connectivity index (χ3v) is 3.52. The van der Waals surface area contributed by atoms with E-state index in [1.54, 1.807) is 30.3 Å². The number of carbonyl (C=O) groups is 2. The predicted octanol–water partition coefficient (Wildman–Crippen LogP) is 3.56. The number of halogens is 2. The van der Waals surface area contributed by atoms with Crippen molar-refractivity contribution < 1.29 is 23.1 Å². The van der Waals surface area contributed by atoms with Crippen LogP contribution in [0.15, 0.2) is 48.5 Å². The zero-order chi connectivity index (χ0) is 19.1. The van der Waals surface area contributed by atoms with E-state index in [4.69, 9.17) is 4.74 Å². The minimum atomic E-state index is -0.985. The van der Waals surface area contributed by atoms with Gasteiger partial charge in [0, 0.05) is 6.07 Å². The number of hydrogen-bond acceptors (Lipinski definition) is 3. The molecule has 0 spiro atoms. The summed E-state index contributed by atoms with van der Waals surface area (Å²) in [5.74, 6) is -2.48. The second-order valence-electron chi connectivity index (χ2n) is 6.39. The van der Waals surface area contributed by atoms with Gasteiger partial charge in [-0.15, -0.1) is 0 Å². The largest absolute Gasteiger partial charge is 0.464 e. The molecule has 1 amide bonds. The van der Waals surface area contributed by atoms with Crippen LogP contribution in [-0.4, -0.2) is 18.5 Å². The third kappa shape index (κ3) is 5.95. The monoisotopic (exact) mass is 361 g/mol. The van der Waals surface area contributed by atoms with Crippen molar-refractivity contribution in [2.24, 2.45) is 5.92 Å². The maximum atomic E-state index is 13.3. The summed E-state index contributed by atoms with van der Waals surface area (Å²) in [5.41, 5.74) is 0.752. The number of hydrogen-bond donors (Lipinski definition) is 1. The van der Waals surface area contributed by atoms with Gasteiger partial charge >= 0.3 is 5.97 Å². The predicted molar refractivity (Wildman–Crippen MR) is 93.2 cm³/mol. The molecule has 0 radical (unpaired) electrons. The summed E-state index contributed by atoms with van der Waals surface area (Å²) in [6.07, 6.45) is -0.254. The van der Waals surface area contributed by atoms with Gasteiger partial charge in [0.2, 0.25) is 5.91 Å². The van der Waals surface area contributed by atoms with Crippen LogP contribution >= 0.6 is 0 Å². The molecule has 0 bridgehead atoms. The average Bonchev–Trinajstić information content (AvgIpc) is 2.57. The summed E-state index contributed by atoms with van der Waals surface area (Å²) < 4.78 is 31.8. The van der Waals surface area contributed by atoms with Gasteiger partial charge in [-0.25, -0.2) is 13.6 Å². The fourth-order valence-corrected chi connectivity index (χ4v) is 2.37.